The van der Waals surface area contributed by atoms with Crippen molar-refractivity contribution < 1.29 is 14.5 Å². The van der Waals surface area contributed by atoms with Gasteiger partial charge in [-0.2, -0.15) is 0 Å². The fraction of sp³-hybridized carbons (Fsp3) is 0.158. The zero-order chi connectivity index (χ0) is 18.1. The monoisotopic (exact) mass is 336 g/mol. The molecule has 0 unspecified atom stereocenters. The summed E-state index contributed by atoms with van der Waals surface area (Å²) in [7, 11) is 0. The first-order valence-electron chi connectivity index (χ1n) is 7.70. The average Bonchev–Trinajstić information content (AvgIpc) is 2.93. The Morgan fingerprint density at radius 1 is 1.08 bits per heavy atom. The second kappa shape index (κ2) is 6.32. The van der Waals surface area contributed by atoms with E-state index in [2.05, 4.69) is 4.99 Å². The van der Waals surface area contributed by atoms with Gasteiger partial charge in [-0.25, -0.2) is 9.79 Å². The van der Waals surface area contributed by atoms with Crippen LogP contribution < -0.4 is 0 Å². The summed E-state index contributed by atoms with van der Waals surface area (Å²) >= 11 is 0. The largest absolute Gasteiger partial charge is 0.402 e. The van der Waals surface area contributed by atoms with Gasteiger partial charge in [0.2, 0.25) is 5.90 Å². The predicted molar refractivity (Wildman–Crippen MR) is 94.4 cm³/mol. The molecule has 1 heterocycles. The van der Waals surface area contributed by atoms with E-state index in [1.54, 1.807) is 12.1 Å². The number of nitro groups is 1. The smallest absolute Gasteiger partial charge is 0.363 e. The van der Waals surface area contributed by atoms with Crippen LogP contribution in [-0.2, 0) is 9.53 Å². The standard InChI is InChI=1S/C19H16N2O4/c1-11-7-13(3)15(8-12(11)2)10-17-19(22)25-18(20-17)14-5-4-6-16(9-14)21(23)24/h4-10H,1-3H3/b17-10-. The van der Waals surface area contributed by atoms with E-state index in [0.29, 0.717) is 5.56 Å². The molecule has 0 spiro atoms. The zero-order valence-corrected chi connectivity index (χ0v) is 14.1. The zero-order valence-electron chi connectivity index (χ0n) is 14.1. The number of esters is 1. The molecule has 2 aromatic rings. The van der Waals surface area contributed by atoms with E-state index in [0.717, 1.165) is 16.7 Å². The highest BCUT2D eigenvalue weighted by atomic mass is 16.6. The van der Waals surface area contributed by atoms with E-state index < -0.39 is 10.9 Å². The number of nitro benzene ring substituents is 1. The molecule has 0 saturated carbocycles. The maximum absolute atomic E-state index is 12.1. The lowest BCUT2D eigenvalue weighted by molar-refractivity contribution is -0.384. The molecule has 6 heteroatoms. The van der Waals surface area contributed by atoms with Crippen LogP contribution in [0.15, 0.2) is 47.1 Å². The van der Waals surface area contributed by atoms with Gasteiger partial charge in [0.05, 0.1) is 4.92 Å². The van der Waals surface area contributed by atoms with Crippen LogP contribution in [-0.4, -0.2) is 16.8 Å². The van der Waals surface area contributed by atoms with Crippen molar-refractivity contribution in [3.8, 4) is 0 Å². The Morgan fingerprint density at radius 3 is 2.52 bits per heavy atom. The fourth-order valence-corrected chi connectivity index (χ4v) is 2.57. The van der Waals surface area contributed by atoms with Crippen molar-refractivity contribution in [1.82, 2.24) is 0 Å². The molecular weight excluding hydrogens is 320 g/mol. The SMILES string of the molecule is Cc1cc(C)c(/C=C2\N=C(c3cccc([N+](=O)[O-])c3)OC2=O)cc1C. The summed E-state index contributed by atoms with van der Waals surface area (Å²) in [5, 5.41) is 10.9. The summed E-state index contributed by atoms with van der Waals surface area (Å²) in [5.74, 6) is -0.499. The van der Waals surface area contributed by atoms with Gasteiger partial charge in [0.1, 0.15) is 0 Å². The Morgan fingerprint density at radius 2 is 1.80 bits per heavy atom. The van der Waals surface area contributed by atoms with Crippen molar-refractivity contribution >= 4 is 23.6 Å². The number of benzene rings is 2. The number of carbonyl (C=O) groups is 1. The first-order chi connectivity index (χ1) is 11.8. The van der Waals surface area contributed by atoms with E-state index in [-0.39, 0.29) is 17.3 Å². The van der Waals surface area contributed by atoms with Crippen molar-refractivity contribution in [1.29, 1.82) is 0 Å². The number of nitrogens with zero attached hydrogens (tertiary/aromatic N) is 2. The number of rotatable bonds is 3. The molecule has 0 aliphatic carbocycles. The topological polar surface area (TPSA) is 81.8 Å². The molecule has 0 fully saturated rings. The van der Waals surface area contributed by atoms with Crippen LogP contribution in [0, 0.1) is 30.9 Å². The van der Waals surface area contributed by atoms with Gasteiger partial charge >= 0.3 is 5.97 Å². The van der Waals surface area contributed by atoms with Crippen molar-refractivity contribution in [2.45, 2.75) is 20.8 Å². The van der Waals surface area contributed by atoms with Crippen molar-refractivity contribution in [2.24, 2.45) is 4.99 Å². The van der Waals surface area contributed by atoms with Gasteiger partial charge in [0.25, 0.3) is 5.69 Å². The third-order valence-corrected chi connectivity index (χ3v) is 4.10. The molecule has 0 radical (unpaired) electrons. The Balaban J connectivity index is 1.99. The van der Waals surface area contributed by atoms with Crippen LogP contribution in [0.2, 0.25) is 0 Å². The van der Waals surface area contributed by atoms with Crippen LogP contribution in [0.4, 0.5) is 5.69 Å². The lowest BCUT2D eigenvalue weighted by atomic mass is 10.0. The lowest BCUT2D eigenvalue weighted by Gasteiger charge is -2.06. The second-order valence-electron chi connectivity index (χ2n) is 5.94. The highest BCUT2D eigenvalue weighted by Crippen LogP contribution is 2.24. The molecule has 0 N–H and O–H groups in total. The van der Waals surface area contributed by atoms with Gasteiger partial charge in [-0.05, 0) is 55.2 Å². The molecule has 0 aromatic heterocycles. The normalized spacial score (nSPS) is 15.2. The number of ether oxygens (including phenoxy) is 1. The Hall–Kier alpha value is -3.28. The van der Waals surface area contributed by atoms with Crippen LogP contribution in [0.25, 0.3) is 6.08 Å². The van der Waals surface area contributed by atoms with Gasteiger partial charge in [-0.3, -0.25) is 10.1 Å². The number of hydrogen-bond donors (Lipinski definition) is 0. The highest BCUT2D eigenvalue weighted by Gasteiger charge is 2.25. The Kier molecular flexibility index (Phi) is 4.19. The summed E-state index contributed by atoms with van der Waals surface area (Å²) in [6.07, 6.45) is 1.68. The quantitative estimate of drug-likeness (QED) is 0.369. The van der Waals surface area contributed by atoms with E-state index in [1.807, 2.05) is 32.9 Å². The summed E-state index contributed by atoms with van der Waals surface area (Å²) in [4.78, 5) is 26.7. The number of non-ortho nitro benzene ring substituents is 1. The Labute approximate surface area is 144 Å². The van der Waals surface area contributed by atoms with E-state index in [9.17, 15) is 14.9 Å². The molecule has 25 heavy (non-hydrogen) atoms. The highest BCUT2D eigenvalue weighted by molar-refractivity contribution is 6.13. The number of hydrogen-bond acceptors (Lipinski definition) is 5. The minimum Gasteiger partial charge on any atom is -0.402 e. The molecule has 126 valence electrons. The van der Waals surface area contributed by atoms with Crippen LogP contribution in [0.1, 0.15) is 27.8 Å². The van der Waals surface area contributed by atoms with E-state index >= 15 is 0 Å². The third kappa shape index (κ3) is 3.33. The fourth-order valence-electron chi connectivity index (χ4n) is 2.57. The summed E-state index contributed by atoms with van der Waals surface area (Å²) in [6.45, 7) is 5.99. The van der Waals surface area contributed by atoms with Crippen molar-refractivity contribution in [3.05, 3.63) is 80.0 Å². The van der Waals surface area contributed by atoms with Gasteiger partial charge in [0, 0.05) is 17.7 Å². The van der Waals surface area contributed by atoms with Crippen LogP contribution in [0.3, 0.4) is 0 Å². The maximum atomic E-state index is 12.1. The average molecular weight is 336 g/mol. The van der Waals surface area contributed by atoms with Gasteiger partial charge in [-0.15, -0.1) is 0 Å². The van der Waals surface area contributed by atoms with Gasteiger partial charge < -0.3 is 4.74 Å². The van der Waals surface area contributed by atoms with Crippen molar-refractivity contribution in [3.63, 3.8) is 0 Å². The number of carbonyl (C=O) groups excluding carboxylic acids is 1. The second-order valence-corrected chi connectivity index (χ2v) is 5.94. The molecule has 3 rings (SSSR count). The molecule has 0 bridgehead atoms. The predicted octanol–water partition coefficient (Wildman–Crippen LogP) is 3.86. The van der Waals surface area contributed by atoms with E-state index in [4.69, 9.17) is 4.74 Å². The van der Waals surface area contributed by atoms with Crippen LogP contribution >= 0.6 is 0 Å². The lowest BCUT2D eigenvalue weighted by Crippen LogP contribution is -2.05. The first kappa shape index (κ1) is 16.6. The molecule has 6 nitrogen and oxygen atoms in total. The summed E-state index contributed by atoms with van der Waals surface area (Å²) in [6, 6.07) is 9.88. The molecule has 0 atom stereocenters. The minimum absolute atomic E-state index is 0.0708. The summed E-state index contributed by atoms with van der Waals surface area (Å²) < 4.78 is 5.18. The summed E-state index contributed by atoms with van der Waals surface area (Å²) in [5.41, 5.74) is 4.69. The Bertz CT molecular complexity index is 958. The molecule has 1 aliphatic rings. The maximum Gasteiger partial charge on any atom is 0.363 e. The number of cyclic esters (lactones) is 1. The molecule has 0 saturated heterocycles. The van der Waals surface area contributed by atoms with Gasteiger partial charge in [0.15, 0.2) is 5.70 Å². The van der Waals surface area contributed by atoms with E-state index in [1.165, 1.54) is 23.8 Å². The number of aryl methyl sites for hydroxylation is 3. The van der Waals surface area contributed by atoms with Crippen LogP contribution in [0.5, 0.6) is 0 Å². The van der Waals surface area contributed by atoms with Gasteiger partial charge in [-0.1, -0.05) is 18.2 Å². The van der Waals surface area contributed by atoms with Crippen molar-refractivity contribution in [2.75, 3.05) is 0 Å². The minimum atomic E-state index is -0.570. The number of aliphatic imine (C=N–C) groups is 1. The third-order valence-electron chi connectivity index (χ3n) is 4.10. The molecule has 1 aliphatic heterocycles. The molecule has 0 amide bonds. The molecule has 2 aromatic carbocycles. The first-order valence-corrected chi connectivity index (χ1v) is 7.70. The molecular formula is C19H16N2O4.